The number of anilines is 2. The molecular weight excluding hydrogens is 452 g/mol. The number of ketones is 1. The number of Topliss-reactive ketones (excluding diaryl/α,β-unsaturated/α-hetero) is 1. The Morgan fingerprint density at radius 2 is 1.72 bits per heavy atom. The minimum Gasteiger partial charge on any atom is -0.497 e. The van der Waals surface area contributed by atoms with Crippen LogP contribution >= 0.6 is 0 Å². The molecule has 1 aliphatic carbocycles. The maximum absolute atomic E-state index is 14.0. The monoisotopic (exact) mass is 482 g/mol. The van der Waals surface area contributed by atoms with Crippen LogP contribution in [0.2, 0.25) is 0 Å². The van der Waals surface area contributed by atoms with Gasteiger partial charge in [0.25, 0.3) is 0 Å². The number of rotatable bonds is 5. The standard InChI is InChI=1S/C30H30N2O4/c1-4-36-28-12-8-5-9-23(28)30-29-25(31-24-10-6-7-11-26(24)32(30)19(2)33)17-21(18-27(29)34)20-13-15-22(35-3)16-14-20/h5-16,21,30-31H,4,17-18H2,1-3H3/t21-,30-/m1/s1. The molecule has 3 aromatic rings. The van der Waals surface area contributed by atoms with Crippen LogP contribution in [-0.2, 0) is 9.59 Å². The van der Waals surface area contributed by atoms with Crippen LogP contribution in [0.5, 0.6) is 11.5 Å². The Bertz CT molecular complexity index is 1330. The predicted octanol–water partition coefficient (Wildman–Crippen LogP) is 6.01. The third-order valence-electron chi connectivity index (χ3n) is 6.93. The van der Waals surface area contributed by atoms with Crippen molar-refractivity contribution in [3.8, 4) is 11.5 Å². The van der Waals surface area contributed by atoms with E-state index in [-0.39, 0.29) is 17.6 Å². The molecule has 5 rings (SSSR count). The van der Waals surface area contributed by atoms with Crippen molar-refractivity contribution >= 4 is 23.1 Å². The van der Waals surface area contributed by atoms with Gasteiger partial charge in [0.05, 0.1) is 31.1 Å². The summed E-state index contributed by atoms with van der Waals surface area (Å²) in [5.74, 6) is 1.37. The number of benzene rings is 3. The molecule has 1 N–H and O–H groups in total. The molecule has 0 unspecified atom stereocenters. The molecule has 0 aromatic heterocycles. The maximum Gasteiger partial charge on any atom is 0.224 e. The molecule has 1 heterocycles. The fraction of sp³-hybridized carbons (Fsp3) is 0.267. The van der Waals surface area contributed by atoms with Gasteiger partial charge in [-0.25, -0.2) is 0 Å². The van der Waals surface area contributed by atoms with Crippen molar-refractivity contribution in [2.24, 2.45) is 0 Å². The van der Waals surface area contributed by atoms with Crippen molar-refractivity contribution in [2.45, 2.75) is 38.6 Å². The highest BCUT2D eigenvalue weighted by Crippen LogP contribution is 2.48. The van der Waals surface area contributed by atoms with E-state index in [1.165, 1.54) is 0 Å². The summed E-state index contributed by atoms with van der Waals surface area (Å²) in [5.41, 5.74) is 4.91. The van der Waals surface area contributed by atoms with Crippen molar-refractivity contribution in [1.82, 2.24) is 0 Å². The van der Waals surface area contributed by atoms with Crippen LogP contribution in [0.3, 0.4) is 0 Å². The number of carbonyl (C=O) groups is 2. The molecule has 3 aromatic carbocycles. The van der Waals surface area contributed by atoms with Crippen molar-refractivity contribution in [1.29, 1.82) is 0 Å². The van der Waals surface area contributed by atoms with E-state index < -0.39 is 6.04 Å². The molecule has 0 saturated heterocycles. The summed E-state index contributed by atoms with van der Waals surface area (Å²) in [4.78, 5) is 28.9. The summed E-state index contributed by atoms with van der Waals surface area (Å²) >= 11 is 0. The fourth-order valence-electron chi connectivity index (χ4n) is 5.34. The van der Waals surface area contributed by atoms with Gasteiger partial charge in [-0.15, -0.1) is 0 Å². The molecular formula is C30H30N2O4. The first-order valence-corrected chi connectivity index (χ1v) is 12.3. The summed E-state index contributed by atoms with van der Waals surface area (Å²) in [6.07, 6.45) is 1.02. The second-order valence-electron chi connectivity index (χ2n) is 9.10. The van der Waals surface area contributed by atoms with Crippen LogP contribution in [0.1, 0.15) is 49.8 Å². The molecule has 2 aliphatic rings. The Morgan fingerprint density at radius 1 is 1.00 bits per heavy atom. The van der Waals surface area contributed by atoms with Crippen molar-refractivity contribution in [2.75, 3.05) is 23.9 Å². The van der Waals surface area contributed by atoms with Crippen LogP contribution in [0.25, 0.3) is 0 Å². The first-order valence-electron chi connectivity index (χ1n) is 12.3. The minimum absolute atomic E-state index is 0.0217. The lowest BCUT2D eigenvalue weighted by molar-refractivity contribution is -0.117. The number of hydrogen-bond donors (Lipinski definition) is 1. The highest BCUT2D eigenvalue weighted by Gasteiger charge is 2.41. The largest absolute Gasteiger partial charge is 0.497 e. The van der Waals surface area contributed by atoms with Gasteiger partial charge in [-0.3, -0.25) is 14.5 Å². The van der Waals surface area contributed by atoms with Crippen LogP contribution in [0, 0.1) is 0 Å². The summed E-state index contributed by atoms with van der Waals surface area (Å²) in [5, 5.41) is 3.55. The Labute approximate surface area is 211 Å². The topological polar surface area (TPSA) is 67.9 Å². The Hall–Kier alpha value is -4.06. The quantitative estimate of drug-likeness (QED) is 0.482. The number of methoxy groups -OCH3 is 1. The van der Waals surface area contributed by atoms with E-state index in [1.54, 1.807) is 18.9 Å². The number of fused-ring (bicyclic) bond motifs is 1. The first kappa shape index (κ1) is 23.7. The number of allylic oxidation sites excluding steroid dienone is 1. The molecule has 2 atom stereocenters. The van der Waals surface area contributed by atoms with Gasteiger partial charge in [0.15, 0.2) is 5.78 Å². The van der Waals surface area contributed by atoms with Crippen molar-refractivity contribution in [3.05, 3.63) is 95.2 Å². The van der Waals surface area contributed by atoms with Crippen LogP contribution in [0.4, 0.5) is 11.4 Å². The lowest BCUT2D eigenvalue weighted by atomic mass is 9.78. The minimum atomic E-state index is -0.597. The van der Waals surface area contributed by atoms with Gasteiger partial charge in [-0.05, 0) is 55.2 Å². The average molecular weight is 483 g/mol. The van der Waals surface area contributed by atoms with Crippen molar-refractivity contribution < 1.29 is 19.1 Å². The molecule has 1 amide bonds. The zero-order chi connectivity index (χ0) is 25.2. The third-order valence-corrected chi connectivity index (χ3v) is 6.93. The van der Waals surface area contributed by atoms with Gasteiger partial charge in [0, 0.05) is 30.2 Å². The zero-order valence-electron chi connectivity index (χ0n) is 20.8. The Balaban J connectivity index is 1.69. The Morgan fingerprint density at radius 3 is 2.44 bits per heavy atom. The number of amides is 1. The Kier molecular flexibility index (Phi) is 6.51. The van der Waals surface area contributed by atoms with E-state index >= 15 is 0 Å². The van der Waals surface area contributed by atoms with E-state index in [2.05, 4.69) is 5.32 Å². The number of hydrogen-bond acceptors (Lipinski definition) is 5. The molecule has 0 fully saturated rings. The summed E-state index contributed by atoms with van der Waals surface area (Å²) in [6.45, 7) is 3.96. The van der Waals surface area contributed by atoms with Crippen LogP contribution < -0.4 is 19.7 Å². The lowest BCUT2D eigenvalue weighted by Gasteiger charge is -2.35. The molecule has 0 spiro atoms. The van der Waals surface area contributed by atoms with Gasteiger partial charge in [-0.1, -0.05) is 42.5 Å². The summed E-state index contributed by atoms with van der Waals surface area (Å²) in [6, 6.07) is 22.7. The van der Waals surface area contributed by atoms with E-state index in [9.17, 15) is 9.59 Å². The lowest BCUT2D eigenvalue weighted by Crippen LogP contribution is -2.37. The van der Waals surface area contributed by atoms with E-state index in [0.29, 0.717) is 30.8 Å². The van der Waals surface area contributed by atoms with E-state index in [0.717, 1.165) is 33.9 Å². The number of para-hydroxylation sites is 3. The summed E-state index contributed by atoms with van der Waals surface area (Å²) < 4.78 is 11.3. The predicted molar refractivity (Wildman–Crippen MR) is 141 cm³/mol. The molecule has 0 bridgehead atoms. The van der Waals surface area contributed by atoms with E-state index in [1.807, 2.05) is 79.7 Å². The average Bonchev–Trinajstić information content (AvgIpc) is 3.04. The molecule has 6 nitrogen and oxygen atoms in total. The first-order chi connectivity index (χ1) is 17.5. The smallest absolute Gasteiger partial charge is 0.224 e. The molecule has 0 radical (unpaired) electrons. The molecule has 36 heavy (non-hydrogen) atoms. The molecule has 184 valence electrons. The zero-order valence-corrected chi connectivity index (χ0v) is 20.8. The van der Waals surface area contributed by atoms with Gasteiger partial charge in [-0.2, -0.15) is 0 Å². The number of ether oxygens (including phenoxy) is 2. The fourth-order valence-corrected chi connectivity index (χ4v) is 5.34. The van der Waals surface area contributed by atoms with Gasteiger partial charge in [0.1, 0.15) is 11.5 Å². The highest BCUT2D eigenvalue weighted by atomic mass is 16.5. The maximum atomic E-state index is 14.0. The SMILES string of the molecule is CCOc1ccccc1[C@@H]1C2=C(C[C@@H](c3ccc(OC)cc3)CC2=O)Nc2ccccc2N1C(C)=O. The van der Waals surface area contributed by atoms with Crippen molar-refractivity contribution in [3.63, 3.8) is 0 Å². The second kappa shape index (κ2) is 9.90. The third kappa shape index (κ3) is 4.24. The van der Waals surface area contributed by atoms with Gasteiger partial charge < -0.3 is 14.8 Å². The number of nitrogens with zero attached hydrogens (tertiary/aromatic N) is 1. The normalized spacial score (nSPS) is 19.1. The second-order valence-corrected chi connectivity index (χ2v) is 9.10. The number of nitrogens with one attached hydrogen (secondary N) is 1. The number of carbonyl (C=O) groups excluding carboxylic acids is 2. The van der Waals surface area contributed by atoms with E-state index in [4.69, 9.17) is 9.47 Å². The molecule has 0 saturated carbocycles. The van der Waals surface area contributed by atoms with Crippen LogP contribution in [-0.4, -0.2) is 25.4 Å². The summed E-state index contributed by atoms with van der Waals surface area (Å²) in [7, 11) is 1.64. The highest BCUT2D eigenvalue weighted by molar-refractivity contribution is 6.06. The van der Waals surface area contributed by atoms with Crippen LogP contribution in [0.15, 0.2) is 84.1 Å². The molecule has 6 heteroatoms. The molecule has 1 aliphatic heterocycles. The van der Waals surface area contributed by atoms with Gasteiger partial charge in [0.2, 0.25) is 5.91 Å². The van der Waals surface area contributed by atoms with Gasteiger partial charge >= 0.3 is 0 Å².